The first-order chi connectivity index (χ1) is 8.67. The van der Waals surface area contributed by atoms with Crippen molar-refractivity contribution in [1.29, 1.82) is 0 Å². The van der Waals surface area contributed by atoms with Gasteiger partial charge in [-0.3, -0.25) is 4.79 Å². The number of carbonyl (C=O) groups is 1. The molecule has 0 atom stereocenters. The van der Waals surface area contributed by atoms with Crippen LogP contribution in [0.3, 0.4) is 0 Å². The van der Waals surface area contributed by atoms with Gasteiger partial charge in [-0.15, -0.1) is 0 Å². The smallest absolute Gasteiger partial charge is 0.252 e. The fraction of sp³-hybridized carbons (Fsp3) is 0.500. The van der Waals surface area contributed by atoms with Crippen LogP contribution in [0.4, 0.5) is 5.82 Å². The van der Waals surface area contributed by atoms with E-state index in [-0.39, 0.29) is 12.5 Å². The largest absolute Gasteiger partial charge is 0.373 e. The maximum atomic E-state index is 11.9. The molecule has 7 heteroatoms. The van der Waals surface area contributed by atoms with E-state index in [0.29, 0.717) is 11.4 Å². The van der Waals surface area contributed by atoms with Gasteiger partial charge in [0.15, 0.2) is 9.84 Å². The van der Waals surface area contributed by atoms with Crippen LogP contribution in [-0.4, -0.2) is 43.9 Å². The summed E-state index contributed by atoms with van der Waals surface area (Å²) in [4.78, 5) is 15.9. The molecular weight excluding hydrogens is 266 g/mol. The molecular formula is C12H19N3O3S. The number of amides is 1. The van der Waals surface area contributed by atoms with Gasteiger partial charge in [0.05, 0.1) is 10.3 Å². The molecule has 0 radical (unpaired) electrons. The maximum Gasteiger partial charge on any atom is 0.252 e. The van der Waals surface area contributed by atoms with Crippen LogP contribution in [0.15, 0.2) is 18.3 Å². The van der Waals surface area contributed by atoms with E-state index in [9.17, 15) is 13.2 Å². The Balaban J connectivity index is 2.70. The van der Waals surface area contributed by atoms with E-state index in [1.165, 1.54) is 6.20 Å². The fourth-order valence-corrected chi connectivity index (χ4v) is 1.54. The lowest BCUT2D eigenvalue weighted by Gasteiger charge is -2.22. The molecule has 0 bridgehead atoms. The van der Waals surface area contributed by atoms with Crippen LogP contribution < -0.4 is 10.6 Å². The highest BCUT2D eigenvalue weighted by atomic mass is 32.2. The number of carbonyl (C=O) groups excluding carboxylic acids is 1. The molecule has 1 amide bonds. The molecule has 0 aliphatic rings. The molecule has 0 aliphatic heterocycles. The predicted octanol–water partition coefficient (Wildman–Crippen LogP) is 0.676. The summed E-state index contributed by atoms with van der Waals surface area (Å²) >= 11 is 0. The van der Waals surface area contributed by atoms with Crippen molar-refractivity contribution >= 4 is 21.6 Å². The minimum Gasteiger partial charge on any atom is -0.373 e. The monoisotopic (exact) mass is 285 g/mol. The van der Waals surface area contributed by atoms with Crippen molar-refractivity contribution < 1.29 is 13.2 Å². The topological polar surface area (TPSA) is 88.2 Å². The summed E-state index contributed by atoms with van der Waals surface area (Å²) in [7, 11) is -1.50. The lowest BCUT2D eigenvalue weighted by Crippen LogP contribution is -2.43. The lowest BCUT2D eigenvalue weighted by molar-refractivity contribution is 0.0950. The summed E-state index contributed by atoms with van der Waals surface area (Å²) in [5.41, 5.74) is 0.392. The van der Waals surface area contributed by atoms with Gasteiger partial charge >= 0.3 is 0 Å². The number of hydrogen-bond donors (Lipinski definition) is 2. The van der Waals surface area contributed by atoms with Gasteiger partial charge in [-0.1, -0.05) is 0 Å². The first-order valence-electron chi connectivity index (χ1n) is 5.79. The Kier molecular flexibility index (Phi) is 4.52. The summed E-state index contributed by atoms with van der Waals surface area (Å²) in [6.07, 6.45) is 2.59. The van der Waals surface area contributed by atoms with Gasteiger partial charge in [-0.2, -0.15) is 0 Å². The standard InChI is InChI=1S/C12H19N3O3S/c1-12(2,19(4,17)18)8-15-11(16)9-5-6-10(13-3)14-7-9/h5-7H,8H2,1-4H3,(H,13,14)(H,15,16). The zero-order chi connectivity index (χ0) is 14.7. The highest BCUT2D eigenvalue weighted by molar-refractivity contribution is 7.92. The van der Waals surface area contributed by atoms with E-state index in [2.05, 4.69) is 15.6 Å². The average Bonchev–Trinajstić information content (AvgIpc) is 2.35. The molecule has 0 aromatic carbocycles. The second kappa shape index (κ2) is 5.56. The van der Waals surface area contributed by atoms with Crippen LogP contribution in [-0.2, 0) is 9.84 Å². The molecule has 0 saturated heterocycles. The molecule has 0 unspecified atom stereocenters. The molecule has 0 saturated carbocycles. The number of nitrogens with one attached hydrogen (secondary N) is 2. The van der Waals surface area contributed by atoms with E-state index in [1.54, 1.807) is 33.0 Å². The second-order valence-electron chi connectivity index (χ2n) is 4.90. The van der Waals surface area contributed by atoms with Crippen LogP contribution in [0.1, 0.15) is 24.2 Å². The molecule has 0 fully saturated rings. The van der Waals surface area contributed by atoms with Crippen molar-refractivity contribution in [3.05, 3.63) is 23.9 Å². The average molecular weight is 285 g/mol. The van der Waals surface area contributed by atoms with Crippen molar-refractivity contribution in [3.8, 4) is 0 Å². The summed E-state index contributed by atoms with van der Waals surface area (Å²) in [5, 5.41) is 5.45. The number of pyridine rings is 1. The zero-order valence-corrected chi connectivity index (χ0v) is 12.3. The number of aromatic nitrogens is 1. The molecule has 0 spiro atoms. The van der Waals surface area contributed by atoms with Crippen LogP contribution in [0, 0.1) is 0 Å². The van der Waals surface area contributed by atoms with Crippen molar-refractivity contribution in [1.82, 2.24) is 10.3 Å². The summed E-state index contributed by atoms with van der Waals surface area (Å²) in [6.45, 7) is 3.20. The number of hydrogen-bond acceptors (Lipinski definition) is 5. The van der Waals surface area contributed by atoms with Crippen molar-refractivity contribution in [2.45, 2.75) is 18.6 Å². The van der Waals surface area contributed by atoms with E-state index in [0.717, 1.165) is 6.26 Å². The fourth-order valence-electron chi connectivity index (χ4n) is 1.20. The van der Waals surface area contributed by atoms with E-state index in [1.807, 2.05) is 0 Å². The third kappa shape index (κ3) is 3.92. The Morgan fingerprint density at radius 3 is 2.42 bits per heavy atom. The minimum absolute atomic E-state index is 0.0540. The molecule has 1 aromatic heterocycles. The van der Waals surface area contributed by atoms with Gasteiger partial charge in [0.2, 0.25) is 0 Å². The molecule has 0 aliphatic carbocycles. The highest BCUT2D eigenvalue weighted by Crippen LogP contribution is 2.13. The molecule has 2 N–H and O–H groups in total. The highest BCUT2D eigenvalue weighted by Gasteiger charge is 2.30. The minimum atomic E-state index is -3.23. The number of nitrogens with zero attached hydrogens (tertiary/aromatic N) is 1. The number of sulfone groups is 1. The van der Waals surface area contributed by atoms with Gasteiger partial charge < -0.3 is 10.6 Å². The second-order valence-corrected chi connectivity index (χ2v) is 7.55. The quantitative estimate of drug-likeness (QED) is 0.830. The Hall–Kier alpha value is -1.63. The Morgan fingerprint density at radius 2 is 2.00 bits per heavy atom. The third-order valence-electron chi connectivity index (χ3n) is 2.96. The molecule has 1 heterocycles. The van der Waals surface area contributed by atoms with Crippen molar-refractivity contribution in [2.24, 2.45) is 0 Å². The first-order valence-corrected chi connectivity index (χ1v) is 7.68. The van der Waals surface area contributed by atoms with Crippen LogP contribution in [0.5, 0.6) is 0 Å². The lowest BCUT2D eigenvalue weighted by atomic mass is 10.2. The summed E-state index contributed by atoms with van der Waals surface area (Å²) in [6, 6.07) is 3.30. The first kappa shape index (κ1) is 15.4. The summed E-state index contributed by atoms with van der Waals surface area (Å²) < 4.78 is 22.0. The third-order valence-corrected chi connectivity index (χ3v) is 5.11. The predicted molar refractivity (Wildman–Crippen MR) is 75.0 cm³/mol. The number of rotatable bonds is 5. The van der Waals surface area contributed by atoms with Gasteiger partial charge in [-0.05, 0) is 26.0 Å². The summed E-state index contributed by atoms with van der Waals surface area (Å²) in [5.74, 6) is 0.319. The Bertz CT molecular complexity index is 550. The normalized spacial score (nSPS) is 12.0. The van der Waals surface area contributed by atoms with Crippen LogP contribution in [0.25, 0.3) is 0 Å². The molecule has 1 aromatic rings. The molecule has 1 rings (SSSR count). The van der Waals surface area contributed by atoms with Gasteiger partial charge in [0, 0.05) is 26.0 Å². The van der Waals surface area contributed by atoms with E-state index < -0.39 is 14.6 Å². The zero-order valence-electron chi connectivity index (χ0n) is 11.5. The van der Waals surface area contributed by atoms with E-state index in [4.69, 9.17) is 0 Å². The Morgan fingerprint density at radius 1 is 1.37 bits per heavy atom. The van der Waals surface area contributed by atoms with Crippen LogP contribution in [0.2, 0.25) is 0 Å². The Labute approximate surface area is 113 Å². The molecule has 6 nitrogen and oxygen atoms in total. The SMILES string of the molecule is CNc1ccc(C(=O)NCC(C)(C)S(C)(=O)=O)cn1. The van der Waals surface area contributed by atoms with Crippen LogP contribution >= 0.6 is 0 Å². The molecule has 19 heavy (non-hydrogen) atoms. The number of anilines is 1. The maximum absolute atomic E-state index is 11.9. The molecule has 106 valence electrons. The van der Waals surface area contributed by atoms with E-state index >= 15 is 0 Å². The van der Waals surface area contributed by atoms with Gasteiger partial charge in [0.25, 0.3) is 5.91 Å². The van der Waals surface area contributed by atoms with Crippen molar-refractivity contribution in [3.63, 3.8) is 0 Å². The van der Waals surface area contributed by atoms with Gasteiger partial charge in [0.1, 0.15) is 5.82 Å². The van der Waals surface area contributed by atoms with Crippen molar-refractivity contribution in [2.75, 3.05) is 25.2 Å². The van der Waals surface area contributed by atoms with Gasteiger partial charge in [-0.25, -0.2) is 13.4 Å².